The molecule has 1 fully saturated rings. The normalized spacial score (nSPS) is 17.3. The molecule has 2 unspecified atom stereocenters. The number of imidazole rings is 1. The van der Waals surface area contributed by atoms with Gasteiger partial charge in [-0.05, 0) is 47.4 Å². The van der Waals surface area contributed by atoms with Crippen LogP contribution in [-0.2, 0) is 6.54 Å². The van der Waals surface area contributed by atoms with E-state index >= 15 is 0 Å². The van der Waals surface area contributed by atoms with Gasteiger partial charge in [0.2, 0.25) is 0 Å². The number of amides is 1. The average molecular weight is 409 g/mol. The van der Waals surface area contributed by atoms with Gasteiger partial charge >= 0.3 is 0 Å². The molecule has 1 heterocycles. The summed E-state index contributed by atoms with van der Waals surface area (Å²) in [6.45, 7) is 0.804. The first kappa shape index (κ1) is 19.3. The third-order valence-electron chi connectivity index (χ3n) is 5.75. The van der Waals surface area contributed by atoms with Crippen LogP contribution in [0, 0.1) is 0 Å². The summed E-state index contributed by atoms with van der Waals surface area (Å²) in [5, 5.41) is 6.54. The molecule has 2 atom stereocenters. The molecule has 3 N–H and O–H groups in total. The van der Waals surface area contributed by atoms with E-state index in [1.807, 2.05) is 60.8 Å². The van der Waals surface area contributed by atoms with Crippen LogP contribution in [0.3, 0.4) is 0 Å². The van der Waals surface area contributed by atoms with E-state index in [0.29, 0.717) is 17.5 Å². The van der Waals surface area contributed by atoms with Gasteiger partial charge in [-0.25, -0.2) is 4.98 Å². The number of anilines is 1. The van der Waals surface area contributed by atoms with Crippen molar-refractivity contribution in [1.82, 2.24) is 15.3 Å². The molecule has 3 aromatic carbocycles. The molecule has 0 spiro atoms. The Morgan fingerprint density at radius 3 is 2.39 bits per heavy atom. The first-order chi connectivity index (χ1) is 15.3. The molecule has 0 radical (unpaired) electrons. The number of hydrogen-bond acceptors (Lipinski definition) is 3. The fraction of sp³-hybridized carbons (Fsp3) is 0.154. The van der Waals surface area contributed by atoms with Gasteiger partial charge in [0, 0.05) is 41.6 Å². The van der Waals surface area contributed by atoms with Crippen LogP contribution in [0.2, 0.25) is 0 Å². The molecular weight excluding hydrogens is 384 g/mol. The summed E-state index contributed by atoms with van der Waals surface area (Å²) in [7, 11) is 0. The van der Waals surface area contributed by atoms with Crippen LogP contribution in [0.4, 0.5) is 5.69 Å². The maximum atomic E-state index is 12.6. The van der Waals surface area contributed by atoms with Crippen LogP contribution in [-0.4, -0.2) is 21.9 Å². The quantitative estimate of drug-likeness (QED) is 0.404. The van der Waals surface area contributed by atoms with Gasteiger partial charge in [0.15, 0.2) is 0 Å². The summed E-state index contributed by atoms with van der Waals surface area (Å²) in [5.41, 5.74) is 6.09. The summed E-state index contributed by atoms with van der Waals surface area (Å²) in [6.07, 6.45) is 4.68. The van der Waals surface area contributed by atoms with Crippen molar-refractivity contribution in [3.63, 3.8) is 0 Å². The number of carbonyl (C=O) groups is 1. The Balaban J connectivity index is 1.16. The van der Waals surface area contributed by atoms with E-state index in [1.165, 1.54) is 5.56 Å². The Bertz CT molecular complexity index is 1140. The first-order valence-corrected chi connectivity index (χ1v) is 10.5. The van der Waals surface area contributed by atoms with E-state index in [9.17, 15) is 4.79 Å². The van der Waals surface area contributed by atoms with E-state index < -0.39 is 0 Å². The topological polar surface area (TPSA) is 69.8 Å². The Kier molecular flexibility index (Phi) is 5.33. The molecule has 4 aromatic rings. The number of nitrogens with zero attached hydrogens (tertiary/aromatic N) is 1. The molecule has 31 heavy (non-hydrogen) atoms. The summed E-state index contributed by atoms with van der Waals surface area (Å²) >= 11 is 0. The van der Waals surface area contributed by atoms with Gasteiger partial charge in [-0.1, -0.05) is 54.6 Å². The number of rotatable bonds is 7. The molecule has 1 aliphatic rings. The SMILES string of the molecule is O=C(Nc1ccc(C2CC2NCc2cnc[nH]2)cc1)c1ccc(-c2ccccc2)cc1. The number of aromatic nitrogens is 2. The molecule has 1 aliphatic carbocycles. The molecule has 0 bridgehead atoms. The van der Waals surface area contributed by atoms with Crippen molar-refractivity contribution in [2.24, 2.45) is 0 Å². The third-order valence-corrected chi connectivity index (χ3v) is 5.75. The van der Waals surface area contributed by atoms with Gasteiger partial charge in [0.1, 0.15) is 0 Å². The van der Waals surface area contributed by atoms with Gasteiger partial charge < -0.3 is 15.6 Å². The zero-order valence-corrected chi connectivity index (χ0v) is 17.1. The lowest BCUT2D eigenvalue weighted by atomic mass is 10.0. The van der Waals surface area contributed by atoms with Crippen LogP contribution in [0.15, 0.2) is 91.4 Å². The standard InChI is InChI=1S/C26H24N4O/c31-26(21-8-6-19(7-9-21)18-4-2-1-3-5-18)30-22-12-10-20(11-13-22)24-14-25(24)28-16-23-15-27-17-29-23/h1-13,15,17,24-25,28H,14,16H2,(H,27,29)(H,30,31). The summed E-state index contributed by atoms with van der Waals surface area (Å²) in [5.74, 6) is 0.427. The van der Waals surface area contributed by atoms with Crippen molar-refractivity contribution in [3.05, 3.63) is 108 Å². The van der Waals surface area contributed by atoms with E-state index in [1.54, 1.807) is 6.33 Å². The molecular formula is C26H24N4O. The van der Waals surface area contributed by atoms with Gasteiger partial charge in [0.25, 0.3) is 5.91 Å². The zero-order chi connectivity index (χ0) is 21.0. The van der Waals surface area contributed by atoms with Gasteiger partial charge in [0.05, 0.1) is 6.33 Å². The van der Waals surface area contributed by atoms with E-state index in [0.717, 1.165) is 35.5 Å². The molecule has 0 saturated heterocycles. The zero-order valence-electron chi connectivity index (χ0n) is 17.1. The second-order valence-corrected chi connectivity index (χ2v) is 7.93. The number of carbonyl (C=O) groups excluding carboxylic acids is 1. The lowest BCUT2D eigenvalue weighted by Gasteiger charge is -2.08. The minimum absolute atomic E-state index is 0.0992. The number of hydrogen-bond donors (Lipinski definition) is 3. The maximum Gasteiger partial charge on any atom is 0.255 e. The van der Waals surface area contributed by atoms with Crippen LogP contribution in [0.5, 0.6) is 0 Å². The average Bonchev–Trinajstić information content (AvgIpc) is 3.41. The van der Waals surface area contributed by atoms with Crippen LogP contribution < -0.4 is 10.6 Å². The van der Waals surface area contributed by atoms with Crippen LogP contribution >= 0.6 is 0 Å². The molecule has 5 nitrogen and oxygen atoms in total. The third kappa shape index (κ3) is 4.57. The van der Waals surface area contributed by atoms with Gasteiger partial charge in [-0.3, -0.25) is 4.79 Å². The smallest absolute Gasteiger partial charge is 0.255 e. The van der Waals surface area contributed by atoms with Crippen molar-refractivity contribution < 1.29 is 4.79 Å². The van der Waals surface area contributed by atoms with Crippen LogP contribution in [0.1, 0.15) is 34.0 Å². The Labute approximate surface area is 181 Å². The predicted molar refractivity (Wildman–Crippen MR) is 123 cm³/mol. The van der Waals surface area contributed by atoms with Crippen molar-refractivity contribution in [3.8, 4) is 11.1 Å². The summed E-state index contributed by atoms with van der Waals surface area (Å²) < 4.78 is 0. The predicted octanol–water partition coefficient (Wildman–Crippen LogP) is 4.97. The Morgan fingerprint density at radius 2 is 1.68 bits per heavy atom. The van der Waals surface area contributed by atoms with E-state index in [4.69, 9.17) is 0 Å². The number of H-pyrrole nitrogens is 1. The monoisotopic (exact) mass is 408 g/mol. The molecule has 1 amide bonds. The lowest BCUT2D eigenvalue weighted by molar-refractivity contribution is 0.102. The highest BCUT2D eigenvalue weighted by molar-refractivity contribution is 6.04. The minimum Gasteiger partial charge on any atom is -0.347 e. The van der Waals surface area contributed by atoms with Crippen molar-refractivity contribution in [2.45, 2.75) is 24.9 Å². The highest BCUT2D eigenvalue weighted by atomic mass is 16.1. The maximum absolute atomic E-state index is 12.6. The highest BCUT2D eigenvalue weighted by Crippen LogP contribution is 2.41. The highest BCUT2D eigenvalue weighted by Gasteiger charge is 2.37. The molecule has 5 rings (SSSR count). The number of nitrogens with one attached hydrogen (secondary N) is 3. The summed E-state index contributed by atoms with van der Waals surface area (Å²) in [6, 6.07) is 26.5. The van der Waals surface area contributed by atoms with Crippen molar-refractivity contribution in [2.75, 3.05) is 5.32 Å². The van der Waals surface area contributed by atoms with Crippen molar-refractivity contribution >= 4 is 11.6 Å². The molecule has 5 heteroatoms. The Morgan fingerprint density at radius 1 is 0.935 bits per heavy atom. The second kappa shape index (κ2) is 8.58. The molecule has 1 saturated carbocycles. The lowest BCUT2D eigenvalue weighted by Crippen LogP contribution is -2.17. The van der Waals surface area contributed by atoms with Crippen molar-refractivity contribution in [1.29, 1.82) is 0 Å². The fourth-order valence-corrected chi connectivity index (χ4v) is 3.87. The second-order valence-electron chi connectivity index (χ2n) is 7.93. The van der Waals surface area contributed by atoms with E-state index in [-0.39, 0.29) is 5.91 Å². The Hall–Kier alpha value is -3.70. The number of benzene rings is 3. The van der Waals surface area contributed by atoms with Gasteiger partial charge in [-0.2, -0.15) is 0 Å². The summed E-state index contributed by atoms with van der Waals surface area (Å²) in [4.78, 5) is 19.8. The number of aromatic amines is 1. The molecule has 1 aromatic heterocycles. The fourth-order valence-electron chi connectivity index (χ4n) is 3.87. The largest absolute Gasteiger partial charge is 0.347 e. The van der Waals surface area contributed by atoms with Gasteiger partial charge in [-0.15, -0.1) is 0 Å². The molecule has 0 aliphatic heterocycles. The van der Waals surface area contributed by atoms with Crippen LogP contribution in [0.25, 0.3) is 11.1 Å². The minimum atomic E-state index is -0.0992. The molecule has 154 valence electrons. The first-order valence-electron chi connectivity index (χ1n) is 10.5. The van der Waals surface area contributed by atoms with E-state index in [2.05, 4.69) is 44.9 Å².